The lowest BCUT2D eigenvalue weighted by Gasteiger charge is -2.40. The van der Waals surface area contributed by atoms with E-state index in [1.54, 1.807) is 11.3 Å². The second-order valence-corrected chi connectivity index (χ2v) is 9.14. The van der Waals surface area contributed by atoms with E-state index in [-0.39, 0.29) is 11.5 Å². The van der Waals surface area contributed by atoms with Gasteiger partial charge in [0.2, 0.25) is 0 Å². The van der Waals surface area contributed by atoms with E-state index >= 15 is 0 Å². The quantitative estimate of drug-likeness (QED) is 0.800. The molecule has 2 aromatic rings. The summed E-state index contributed by atoms with van der Waals surface area (Å²) < 4.78 is 0. The summed E-state index contributed by atoms with van der Waals surface area (Å²) in [5.41, 5.74) is 3.74. The Balaban J connectivity index is 1.80. The molecule has 3 N–H and O–H groups in total. The van der Waals surface area contributed by atoms with Crippen LogP contribution in [0.1, 0.15) is 41.1 Å². The van der Waals surface area contributed by atoms with Crippen molar-refractivity contribution in [2.45, 2.75) is 39.2 Å². The van der Waals surface area contributed by atoms with E-state index in [9.17, 15) is 9.90 Å². The number of rotatable bonds is 4. The molecule has 1 aromatic carbocycles. The largest absolute Gasteiger partial charge is 0.478 e. The molecule has 1 saturated heterocycles. The summed E-state index contributed by atoms with van der Waals surface area (Å²) in [6.45, 7) is 5.90. The van der Waals surface area contributed by atoms with E-state index in [1.165, 1.54) is 4.88 Å². The summed E-state index contributed by atoms with van der Waals surface area (Å²) in [4.78, 5) is 21.4. The van der Waals surface area contributed by atoms with Crippen molar-refractivity contribution in [2.24, 2.45) is 11.3 Å². The maximum atomic E-state index is 12.2. The second-order valence-electron chi connectivity index (χ2n) is 8.03. The smallest absolute Gasteiger partial charge is 0.337 e. The zero-order valence-corrected chi connectivity index (χ0v) is 15.9. The first-order valence-electron chi connectivity index (χ1n) is 8.97. The molecule has 0 radical (unpaired) electrons. The Morgan fingerprint density at radius 2 is 2.08 bits per heavy atom. The van der Waals surface area contributed by atoms with Crippen LogP contribution in [0.2, 0.25) is 0 Å². The highest BCUT2D eigenvalue weighted by Gasteiger charge is 2.35. The number of hydrogen-bond acceptors (Lipinski definition) is 5. The van der Waals surface area contributed by atoms with Gasteiger partial charge >= 0.3 is 5.97 Å². The first-order chi connectivity index (χ1) is 12.4. The van der Waals surface area contributed by atoms with Crippen LogP contribution in [0.5, 0.6) is 0 Å². The van der Waals surface area contributed by atoms with Gasteiger partial charge in [0.15, 0.2) is 0 Å². The van der Waals surface area contributed by atoms with Crippen LogP contribution < -0.4 is 10.8 Å². The minimum Gasteiger partial charge on any atom is -0.478 e. The summed E-state index contributed by atoms with van der Waals surface area (Å²) in [6, 6.07) is 8.05. The second kappa shape index (κ2) is 6.37. The van der Waals surface area contributed by atoms with Crippen molar-refractivity contribution in [2.75, 3.05) is 18.0 Å². The maximum absolute atomic E-state index is 12.2. The standard InChI is InChI=1S/C20H24N2O3S/c1-20(2)8-7-16-14(9-20)17(19(23)24)18(26-16)13-5-3-4-6-15(13)22-10-12(11-22)25-21/h3-6,12H,7-11,21H2,1-2H3,(H,23,24). The molecule has 2 aliphatic rings. The highest BCUT2D eigenvalue weighted by molar-refractivity contribution is 7.16. The number of aryl methyl sites for hydroxylation is 1. The maximum Gasteiger partial charge on any atom is 0.337 e. The molecule has 0 atom stereocenters. The number of hydrogen-bond donors (Lipinski definition) is 2. The number of nitrogens with zero attached hydrogens (tertiary/aromatic N) is 1. The van der Waals surface area contributed by atoms with Crippen molar-refractivity contribution in [3.63, 3.8) is 0 Å². The van der Waals surface area contributed by atoms with Gasteiger partial charge in [-0.2, -0.15) is 0 Å². The number of carboxylic acids is 1. The van der Waals surface area contributed by atoms with Crippen LogP contribution in [0.25, 0.3) is 10.4 Å². The number of carboxylic acid groups (broad SMARTS) is 1. The Bertz CT molecular complexity index is 853. The molecule has 5 nitrogen and oxygen atoms in total. The Hall–Kier alpha value is -1.89. The van der Waals surface area contributed by atoms with Crippen molar-refractivity contribution < 1.29 is 14.7 Å². The number of fused-ring (bicyclic) bond motifs is 1. The summed E-state index contributed by atoms with van der Waals surface area (Å²) in [7, 11) is 0. The lowest BCUT2D eigenvalue weighted by Crippen LogP contribution is -2.53. The zero-order valence-electron chi connectivity index (χ0n) is 15.1. The highest BCUT2D eigenvalue weighted by Crippen LogP contribution is 2.47. The van der Waals surface area contributed by atoms with Gasteiger partial charge in [0.05, 0.1) is 10.4 Å². The monoisotopic (exact) mass is 372 g/mol. The molecule has 2 heterocycles. The van der Waals surface area contributed by atoms with Crippen molar-refractivity contribution >= 4 is 23.0 Å². The average molecular weight is 372 g/mol. The van der Waals surface area contributed by atoms with Gasteiger partial charge in [-0.25, -0.2) is 10.7 Å². The molecule has 1 aromatic heterocycles. The number of aromatic carboxylic acids is 1. The number of nitrogens with two attached hydrogens (primary N) is 1. The fourth-order valence-corrected chi connectivity index (χ4v) is 5.34. The van der Waals surface area contributed by atoms with Gasteiger partial charge in [0, 0.05) is 29.2 Å². The van der Waals surface area contributed by atoms with Crippen molar-refractivity contribution in [3.05, 3.63) is 40.3 Å². The molecule has 0 amide bonds. The van der Waals surface area contributed by atoms with E-state index in [2.05, 4.69) is 24.8 Å². The van der Waals surface area contributed by atoms with Crippen LogP contribution in [0.15, 0.2) is 24.3 Å². The van der Waals surface area contributed by atoms with Crippen LogP contribution in [-0.2, 0) is 17.7 Å². The van der Waals surface area contributed by atoms with E-state index in [1.807, 2.05) is 18.2 Å². The van der Waals surface area contributed by atoms with Crippen LogP contribution in [0.4, 0.5) is 5.69 Å². The van der Waals surface area contributed by atoms with Gasteiger partial charge in [-0.3, -0.25) is 4.84 Å². The van der Waals surface area contributed by atoms with Gasteiger partial charge in [-0.1, -0.05) is 32.0 Å². The third kappa shape index (κ3) is 2.92. The topological polar surface area (TPSA) is 75.8 Å². The minimum absolute atomic E-state index is 0.0411. The van der Waals surface area contributed by atoms with E-state index in [0.717, 1.165) is 54.0 Å². The molecule has 0 unspecified atom stereocenters. The summed E-state index contributed by atoms with van der Waals surface area (Å²) in [6.07, 6.45) is 2.93. The molecular weight excluding hydrogens is 348 g/mol. The van der Waals surface area contributed by atoms with Gasteiger partial charge in [-0.15, -0.1) is 11.3 Å². The Morgan fingerprint density at radius 3 is 2.77 bits per heavy atom. The Morgan fingerprint density at radius 1 is 1.35 bits per heavy atom. The molecule has 1 fully saturated rings. The first kappa shape index (κ1) is 17.5. The Kier molecular flexibility index (Phi) is 4.29. The molecule has 0 spiro atoms. The number of para-hydroxylation sites is 1. The summed E-state index contributed by atoms with van der Waals surface area (Å²) >= 11 is 1.65. The molecule has 4 rings (SSSR count). The van der Waals surface area contributed by atoms with Gasteiger partial charge in [0.25, 0.3) is 0 Å². The molecular formula is C20H24N2O3S. The molecule has 1 aliphatic heterocycles. The predicted molar refractivity (Wildman–Crippen MR) is 104 cm³/mol. The number of thiophene rings is 1. The van der Waals surface area contributed by atoms with Gasteiger partial charge < -0.3 is 10.0 Å². The third-order valence-electron chi connectivity index (χ3n) is 5.52. The fourth-order valence-electron chi connectivity index (χ4n) is 4.00. The van der Waals surface area contributed by atoms with Gasteiger partial charge in [0.1, 0.15) is 6.10 Å². The van der Waals surface area contributed by atoms with E-state index in [0.29, 0.717) is 5.56 Å². The number of anilines is 1. The summed E-state index contributed by atoms with van der Waals surface area (Å²) in [5.74, 6) is 4.45. The first-order valence-corrected chi connectivity index (χ1v) is 9.79. The molecule has 138 valence electrons. The van der Waals surface area contributed by atoms with Crippen molar-refractivity contribution in [1.82, 2.24) is 0 Å². The fraction of sp³-hybridized carbons (Fsp3) is 0.450. The molecule has 0 saturated carbocycles. The van der Waals surface area contributed by atoms with Crippen LogP contribution in [0, 0.1) is 5.41 Å². The van der Waals surface area contributed by atoms with Crippen LogP contribution in [-0.4, -0.2) is 30.3 Å². The van der Waals surface area contributed by atoms with Crippen LogP contribution >= 0.6 is 11.3 Å². The van der Waals surface area contributed by atoms with Crippen molar-refractivity contribution in [3.8, 4) is 10.4 Å². The SMILES string of the molecule is CC1(C)CCc2sc(-c3ccccc3N3CC(ON)C3)c(C(=O)O)c2C1. The molecule has 6 heteroatoms. The normalized spacial score (nSPS) is 19.1. The predicted octanol–water partition coefficient (Wildman–Crippen LogP) is 3.71. The van der Waals surface area contributed by atoms with Crippen LogP contribution in [0.3, 0.4) is 0 Å². The third-order valence-corrected chi connectivity index (χ3v) is 6.84. The zero-order chi connectivity index (χ0) is 18.5. The van der Waals surface area contributed by atoms with Gasteiger partial charge in [-0.05, 0) is 36.3 Å². The minimum atomic E-state index is -0.822. The molecule has 26 heavy (non-hydrogen) atoms. The molecule has 0 bridgehead atoms. The highest BCUT2D eigenvalue weighted by atomic mass is 32.1. The van der Waals surface area contributed by atoms with E-state index < -0.39 is 5.97 Å². The number of carbonyl (C=O) groups is 1. The van der Waals surface area contributed by atoms with E-state index in [4.69, 9.17) is 10.7 Å². The average Bonchev–Trinajstić information content (AvgIpc) is 2.91. The lowest BCUT2D eigenvalue weighted by molar-refractivity contribution is 0.0340. The molecule has 1 aliphatic carbocycles. The lowest BCUT2D eigenvalue weighted by atomic mass is 9.76. The number of benzene rings is 1. The summed E-state index contributed by atoms with van der Waals surface area (Å²) in [5, 5.41) is 9.98. The van der Waals surface area contributed by atoms with Crippen molar-refractivity contribution in [1.29, 1.82) is 0 Å². The Labute approximate surface area is 157 Å².